The summed E-state index contributed by atoms with van der Waals surface area (Å²) < 4.78 is 4.87. The number of carbonyl (C=O) groups excluding carboxylic acids is 2. The minimum atomic E-state index is -1.09. The molecule has 0 bridgehead atoms. The topological polar surface area (TPSA) is 46.6 Å². The SMILES string of the molecule is COC(=O)C1(C(C)=O)CCCN1Cc1ccccc1. The number of rotatable bonds is 4. The first-order valence-corrected chi connectivity index (χ1v) is 6.49. The Morgan fingerprint density at radius 2 is 2.00 bits per heavy atom. The quantitative estimate of drug-likeness (QED) is 0.612. The molecule has 0 aliphatic carbocycles. The van der Waals surface area contributed by atoms with Gasteiger partial charge in [0.1, 0.15) is 0 Å². The summed E-state index contributed by atoms with van der Waals surface area (Å²) in [6.07, 6.45) is 1.38. The summed E-state index contributed by atoms with van der Waals surface area (Å²) in [5.41, 5.74) is 0.00356. The fourth-order valence-corrected chi connectivity index (χ4v) is 2.83. The van der Waals surface area contributed by atoms with Crippen molar-refractivity contribution in [3.8, 4) is 0 Å². The zero-order valence-corrected chi connectivity index (χ0v) is 11.4. The van der Waals surface area contributed by atoms with Crippen LogP contribution < -0.4 is 0 Å². The van der Waals surface area contributed by atoms with E-state index in [1.807, 2.05) is 35.2 Å². The third kappa shape index (κ3) is 2.40. The maximum Gasteiger partial charge on any atom is 0.334 e. The molecule has 0 saturated carbocycles. The average Bonchev–Trinajstić information content (AvgIpc) is 2.83. The smallest absolute Gasteiger partial charge is 0.334 e. The highest BCUT2D eigenvalue weighted by atomic mass is 16.5. The molecule has 1 heterocycles. The maximum atomic E-state index is 12.1. The van der Waals surface area contributed by atoms with Gasteiger partial charge in [-0.2, -0.15) is 0 Å². The Balaban J connectivity index is 2.28. The molecule has 1 unspecified atom stereocenters. The van der Waals surface area contributed by atoms with Crippen LogP contribution in [-0.2, 0) is 20.9 Å². The summed E-state index contributed by atoms with van der Waals surface area (Å²) >= 11 is 0. The van der Waals surface area contributed by atoms with Crippen LogP contribution in [0.2, 0.25) is 0 Å². The average molecular weight is 261 g/mol. The van der Waals surface area contributed by atoms with Gasteiger partial charge < -0.3 is 4.74 Å². The third-order valence-corrected chi connectivity index (χ3v) is 3.83. The molecule has 102 valence electrons. The predicted molar refractivity (Wildman–Crippen MR) is 71.5 cm³/mol. The Kier molecular flexibility index (Phi) is 4.00. The van der Waals surface area contributed by atoms with Crippen LogP contribution >= 0.6 is 0 Å². The Morgan fingerprint density at radius 3 is 2.58 bits per heavy atom. The number of likely N-dealkylation sites (tertiary alicyclic amines) is 1. The second-order valence-corrected chi connectivity index (χ2v) is 4.92. The van der Waals surface area contributed by atoms with Crippen molar-refractivity contribution in [2.24, 2.45) is 0 Å². The number of ketones is 1. The van der Waals surface area contributed by atoms with E-state index >= 15 is 0 Å². The van der Waals surface area contributed by atoms with E-state index < -0.39 is 11.5 Å². The van der Waals surface area contributed by atoms with Gasteiger partial charge in [0, 0.05) is 13.1 Å². The van der Waals surface area contributed by atoms with Crippen LogP contribution in [0, 0.1) is 0 Å². The molecule has 0 radical (unpaired) electrons. The van der Waals surface area contributed by atoms with E-state index in [2.05, 4.69) is 0 Å². The molecule has 0 N–H and O–H groups in total. The van der Waals surface area contributed by atoms with Crippen molar-refractivity contribution >= 4 is 11.8 Å². The van der Waals surface area contributed by atoms with Crippen LogP contribution in [0.15, 0.2) is 30.3 Å². The molecular weight excluding hydrogens is 242 g/mol. The van der Waals surface area contributed by atoms with E-state index in [4.69, 9.17) is 4.74 Å². The number of hydrogen-bond acceptors (Lipinski definition) is 4. The van der Waals surface area contributed by atoms with Crippen molar-refractivity contribution in [3.05, 3.63) is 35.9 Å². The first-order valence-electron chi connectivity index (χ1n) is 6.49. The number of esters is 1. The first-order chi connectivity index (χ1) is 9.11. The van der Waals surface area contributed by atoms with Crippen LogP contribution in [0.1, 0.15) is 25.3 Å². The number of ether oxygens (including phenoxy) is 1. The van der Waals surface area contributed by atoms with Crippen LogP contribution in [-0.4, -0.2) is 35.8 Å². The van der Waals surface area contributed by atoms with Crippen LogP contribution in [0.3, 0.4) is 0 Å². The van der Waals surface area contributed by atoms with Crippen molar-refractivity contribution in [1.29, 1.82) is 0 Å². The third-order valence-electron chi connectivity index (χ3n) is 3.83. The highest BCUT2D eigenvalue weighted by Crippen LogP contribution is 2.33. The van der Waals surface area contributed by atoms with Crippen molar-refractivity contribution in [3.63, 3.8) is 0 Å². The van der Waals surface area contributed by atoms with Crippen molar-refractivity contribution < 1.29 is 14.3 Å². The van der Waals surface area contributed by atoms with E-state index in [0.717, 1.165) is 18.5 Å². The minimum absolute atomic E-state index is 0.132. The molecule has 1 aliphatic heterocycles. The lowest BCUT2D eigenvalue weighted by molar-refractivity contribution is -0.158. The molecule has 0 spiro atoms. The highest BCUT2D eigenvalue weighted by molar-refractivity contribution is 6.07. The summed E-state index contributed by atoms with van der Waals surface area (Å²) in [6, 6.07) is 9.87. The van der Waals surface area contributed by atoms with Crippen molar-refractivity contribution in [2.45, 2.75) is 31.8 Å². The van der Waals surface area contributed by atoms with Gasteiger partial charge in [0.15, 0.2) is 11.3 Å². The van der Waals surface area contributed by atoms with E-state index in [9.17, 15) is 9.59 Å². The van der Waals surface area contributed by atoms with Gasteiger partial charge in [-0.05, 0) is 25.3 Å². The molecule has 1 saturated heterocycles. The van der Waals surface area contributed by atoms with Crippen molar-refractivity contribution in [1.82, 2.24) is 4.90 Å². The lowest BCUT2D eigenvalue weighted by Crippen LogP contribution is -2.55. The molecule has 1 aromatic rings. The van der Waals surface area contributed by atoms with Gasteiger partial charge in [0.25, 0.3) is 0 Å². The number of Topliss-reactive ketones (excluding diaryl/α,β-unsaturated/α-hetero) is 1. The molecule has 4 heteroatoms. The van der Waals surface area contributed by atoms with Gasteiger partial charge in [-0.25, -0.2) is 4.79 Å². The van der Waals surface area contributed by atoms with Gasteiger partial charge in [-0.3, -0.25) is 9.69 Å². The van der Waals surface area contributed by atoms with Crippen LogP contribution in [0.5, 0.6) is 0 Å². The first kappa shape index (κ1) is 13.7. The van der Waals surface area contributed by atoms with Gasteiger partial charge in [0.05, 0.1) is 7.11 Å². The molecule has 2 rings (SSSR count). The highest BCUT2D eigenvalue weighted by Gasteiger charge is 2.52. The second kappa shape index (κ2) is 5.53. The largest absolute Gasteiger partial charge is 0.467 e. The maximum absolute atomic E-state index is 12.1. The lowest BCUT2D eigenvalue weighted by Gasteiger charge is -2.33. The fraction of sp³-hybridized carbons (Fsp3) is 0.467. The van der Waals surface area contributed by atoms with E-state index in [0.29, 0.717) is 13.0 Å². The number of carbonyl (C=O) groups is 2. The minimum Gasteiger partial charge on any atom is -0.467 e. The van der Waals surface area contributed by atoms with Crippen LogP contribution in [0.4, 0.5) is 0 Å². The lowest BCUT2D eigenvalue weighted by atomic mass is 9.91. The number of methoxy groups -OCH3 is 1. The Hall–Kier alpha value is -1.68. The summed E-state index contributed by atoms with van der Waals surface area (Å²) in [7, 11) is 1.34. The molecule has 1 fully saturated rings. The molecular formula is C15H19NO3. The monoisotopic (exact) mass is 261 g/mol. The number of nitrogens with zero attached hydrogens (tertiary/aromatic N) is 1. The fourth-order valence-electron chi connectivity index (χ4n) is 2.83. The van der Waals surface area contributed by atoms with Gasteiger partial charge in [-0.15, -0.1) is 0 Å². The normalized spacial score (nSPS) is 23.3. The molecule has 1 aromatic carbocycles. The standard InChI is InChI=1S/C15H19NO3/c1-12(17)15(14(18)19-2)9-6-10-16(15)11-13-7-4-3-5-8-13/h3-5,7-8H,6,9-11H2,1-2H3. The summed E-state index contributed by atoms with van der Waals surface area (Å²) in [5, 5.41) is 0. The molecule has 1 aliphatic rings. The van der Waals surface area contributed by atoms with Gasteiger partial charge in [-0.1, -0.05) is 30.3 Å². The Morgan fingerprint density at radius 1 is 1.32 bits per heavy atom. The summed E-state index contributed by atoms with van der Waals surface area (Å²) in [4.78, 5) is 26.1. The van der Waals surface area contributed by atoms with E-state index in [1.165, 1.54) is 14.0 Å². The molecule has 19 heavy (non-hydrogen) atoms. The molecule has 4 nitrogen and oxygen atoms in total. The molecule has 0 amide bonds. The van der Waals surface area contributed by atoms with Crippen molar-refractivity contribution in [2.75, 3.05) is 13.7 Å². The van der Waals surface area contributed by atoms with Gasteiger partial charge >= 0.3 is 5.97 Å². The summed E-state index contributed by atoms with van der Waals surface area (Å²) in [5.74, 6) is -0.568. The summed E-state index contributed by atoms with van der Waals surface area (Å²) in [6.45, 7) is 2.80. The number of hydrogen-bond donors (Lipinski definition) is 0. The zero-order valence-electron chi connectivity index (χ0n) is 11.4. The van der Waals surface area contributed by atoms with Crippen LogP contribution in [0.25, 0.3) is 0 Å². The number of benzene rings is 1. The molecule has 1 atom stereocenters. The predicted octanol–water partition coefficient (Wildman–Crippen LogP) is 1.78. The zero-order chi connectivity index (χ0) is 13.9. The second-order valence-electron chi connectivity index (χ2n) is 4.92. The van der Waals surface area contributed by atoms with E-state index in [-0.39, 0.29) is 5.78 Å². The Bertz CT molecular complexity index is 472. The van der Waals surface area contributed by atoms with Gasteiger partial charge in [0.2, 0.25) is 0 Å². The molecule has 0 aromatic heterocycles. The van der Waals surface area contributed by atoms with E-state index in [1.54, 1.807) is 0 Å². The Labute approximate surface area is 113 Å².